The standard InChI is InChI=1S/C17H20BrNS/c1-2-19-16(15-10-5-3-6-11(10)15)13-9-20-17-12(13)7-4-8-14(17)18/h4,7-11,15-16,19H,2-3,5-6H2,1H3. The lowest BCUT2D eigenvalue weighted by molar-refractivity contribution is 0.429. The second-order valence-corrected chi connectivity index (χ2v) is 7.91. The van der Waals surface area contributed by atoms with Crippen LogP contribution >= 0.6 is 27.3 Å². The van der Waals surface area contributed by atoms with Crippen molar-refractivity contribution < 1.29 is 0 Å². The smallest absolute Gasteiger partial charge is 0.0488 e. The van der Waals surface area contributed by atoms with Crippen molar-refractivity contribution in [2.24, 2.45) is 17.8 Å². The molecular formula is C17H20BrNS. The average Bonchev–Trinajstić information content (AvgIpc) is 2.84. The van der Waals surface area contributed by atoms with Crippen molar-refractivity contribution in [1.82, 2.24) is 5.32 Å². The van der Waals surface area contributed by atoms with E-state index in [1.807, 2.05) is 11.3 Å². The SMILES string of the molecule is CCNC(c1csc2c(Br)cccc12)C1C2CCCC21. The van der Waals surface area contributed by atoms with Gasteiger partial charge in [0.15, 0.2) is 0 Å². The summed E-state index contributed by atoms with van der Waals surface area (Å²) in [6.45, 7) is 3.29. The predicted molar refractivity (Wildman–Crippen MR) is 90.3 cm³/mol. The maximum absolute atomic E-state index is 3.78. The first-order valence-corrected chi connectivity index (χ1v) is 9.37. The third-order valence-electron chi connectivity index (χ3n) is 5.20. The zero-order valence-corrected chi connectivity index (χ0v) is 14.1. The van der Waals surface area contributed by atoms with E-state index in [0.29, 0.717) is 6.04 Å². The molecule has 0 aliphatic heterocycles. The average molecular weight is 350 g/mol. The Bertz CT molecular complexity index is 625. The van der Waals surface area contributed by atoms with Crippen LogP contribution in [0.3, 0.4) is 0 Å². The van der Waals surface area contributed by atoms with Crippen LogP contribution in [-0.4, -0.2) is 6.54 Å². The van der Waals surface area contributed by atoms with Gasteiger partial charge in [-0.15, -0.1) is 11.3 Å². The number of hydrogen-bond acceptors (Lipinski definition) is 2. The van der Waals surface area contributed by atoms with Crippen LogP contribution in [0.5, 0.6) is 0 Å². The zero-order chi connectivity index (χ0) is 13.7. The molecule has 106 valence electrons. The van der Waals surface area contributed by atoms with Crippen LogP contribution in [0.1, 0.15) is 37.8 Å². The molecule has 2 aliphatic rings. The lowest BCUT2D eigenvalue weighted by Gasteiger charge is -2.20. The van der Waals surface area contributed by atoms with Crippen LogP contribution < -0.4 is 5.32 Å². The highest BCUT2D eigenvalue weighted by atomic mass is 79.9. The van der Waals surface area contributed by atoms with E-state index in [1.54, 1.807) is 0 Å². The molecular weight excluding hydrogens is 330 g/mol. The topological polar surface area (TPSA) is 12.0 Å². The highest BCUT2D eigenvalue weighted by Gasteiger charge is 2.56. The third-order valence-corrected chi connectivity index (χ3v) is 7.17. The Morgan fingerprint density at radius 3 is 2.90 bits per heavy atom. The molecule has 1 nitrogen and oxygen atoms in total. The maximum atomic E-state index is 3.78. The lowest BCUT2D eigenvalue weighted by Crippen LogP contribution is -2.24. The molecule has 3 atom stereocenters. The van der Waals surface area contributed by atoms with Gasteiger partial charge in [-0.1, -0.05) is 25.5 Å². The Morgan fingerprint density at radius 2 is 2.15 bits per heavy atom. The summed E-state index contributed by atoms with van der Waals surface area (Å²) in [5.41, 5.74) is 1.53. The number of fused-ring (bicyclic) bond motifs is 2. The molecule has 1 N–H and O–H groups in total. The summed E-state index contributed by atoms with van der Waals surface area (Å²) in [5.74, 6) is 2.89. The summed E-state index contributed by atoms with van der Waals surface area (Å²) >= 11 is 5.57. The number of hydrogen-bond donors (Lipinski definition) is 1. The van der Waals surface area contributed by atoms with E-state index >= 15 is 0 Å². The summed E-state index contributed by atoms with van der Waals surface area (Å²) in [6, 6.07) is 7.17. The van der Waals surface area contributed by atoms with Gasteiger partial charge < -0.3 is 5.32 Å². The molecule has 1 heterocycles. The van der Waals surface area contributed by atoms with Gasteiger partial charge in [0.25, 0.3) is 0 Å². The fourth-order valence-corrected chi connectivity index (χ4v) is 5.99. The van der Waals surface area contributed by atoms with Crippen molar-refractivity contribution in [3.8, 4) is 0 Å². The Hall–Kier alpha value is -0.380. The van der Waals surface area contributed by atoms with Crippen molar-refractivity contribution in [3.63, 3.8) is 0 Å². The monoisotopic (exact) mass is 349 g/mol. The summed E-state index contributed by atoms with van der Waals surface area (Å²) < 4.78 is 2.63. The van der Waals surface area contributed by atoms with Crippen LogP contribution in [-0.2, 0) is 0 Å². The Balaban J connectivity index is 1.73. The van der Waals surface area contributed by atoms with Gasteiger partial charge in [-0.25, -0.2) is 0 Å². The Morgan fingerprint density at radius 1 is 1.35 bits per heavy atom. The van der Waals surface area contributed by atoms with Gasteiger partial charge in [-0.05, 0) is 75.5 Å². The van der Waals surface area contributed by atoms with Crippen LogP contribution in [0.2, 0.25) is 0 Å². The van der Waals surface area contributed by atoms with Crippen molar-refractivity contribution in [2.75, 3.05) is 6.54 Å². The van der Waals surface area contributed by atoms with E-state index in [2.05, 4.69) is 51.7 Å². The highest BCUT2D eigenvalue weighted by Crippen LogP contribution is 2.62. The first-order chi connectivity index (χ1) is 9.81. The van der Waals surface area contributed by atoms with E-state index in [4.69, 9.17) is 0 Å². The molecule has 0 saturated heterocycles. The molecule has 4 rings (SSSR count). The number of rotatable bonds is 4. The minimum absolute atomic E-state index is 0.568. The van der Waals surface area contributed by atoms with Crippen LogP contribution in [0.25, 0.3) is 10.1 Å². The zero-order valence-electron chi connectivity index (χ0n) is 11.7. The molecule has 2 aliphatic carbocycles. The first kappa shape index (κ1) is 13.3. The number of nitrogens with one attached hydrogen (secondary N) is 1. The van der Waals surface area contributed by atoms with Gasteiger partial charge in [0.05, 0.1) is 0 Å². The summed E-state index contributed by atoms with van der Waals surface area (Å²) in [6.07, 6.45) is 4.38. The van der Waals surface area contributed by atoms with Crippen molar-refractivity contribution in [2.45, 2.75) is 32.2 Å². The minimum Gasteiger partial charge on any atom is -0.310 e. The summed E-state index contributed by atoms with van der Waals surface area (Å²) in [4.78, 5) is 0. The highest BCUT2D eigenvalue weighted by molar-refractivity contribution is 9.10. The quantitative estimate of drug-likeness (QED) is 0.783. The Labute approximate surface area is 132 Å². The van der Waals surface area contributed by atoms with Gasteiger partial charge in [-0.2, -0.15) is 0 Å². The Kier molecular flexibility index (Phi) is 3.40. The molecule has 3 unspecified atom stereocenters. The van der Waals surface area contributed by atoms with Crippen molar-refractivity contribution >= 4 is 37.4 Å². The molecule has 0 radical (unpaired) electrons. The number of halogens is 1. The first-order valence-electron chi connectivity index (χ1n) is 7.70. The summed E-state index contributed by atoms with van der Waals surface area (Å²) in [7, 11) is 0. The molecule has 2 saturated carbocycles. The molecule has 0 spiro atoms. The van der Waals surface area contributed by atoms with Crippen LogP contribution in [0, 0.1) is 17.8 Å². The van der Waals surface area contributed by atoms with Gasteiger partial charge >= 0.3 is 0 Å². The largest absolute Gasteiger partial charge is 0.310 e. The van der Waals surface area contributed by atoms with Crippen LogP contribution in [0.4, 0.5) is 0 Å². The minimum atomic E-state index is 0.568. The molecule has 0 amide bonds. The van der Waals surface area contributed by atoms with Gasteiger partial charge in [0, 0.05) is 15.2 Å². The lowest BCUT2D eigenvalue weighted by atomic mass is 9.96. The normalized spacial score (nSPS) is 29.6. The van der Waals surface area contributed by atoms with E-state index in [-0.39, 0.29) is 0 Å². The van der Waals surface area contributed by atoms with Crippen LogP contribution in [0.15, 0.2) is 28.1 Å². The van der Waals surface area contributed by atoms with Gasteiger partial charge in [0.2, 0.25) is 0 Å². The van der Waals surface area contributed by atoms with Crippen molar-refractivity contribution in [1.29, 1.82) is 0 Å². The van der Waals surface area contributed by atoms with E-state index in [9.17, 15) is 0 Å². The molecule has 1 aromatic heterocycles. The molecule has 2 aromatic rings. The number of thiophene rings is 1. The molecule has 20 heavy (non-hydrogen) atoms. The van der Waals surface area contributed by atoms with Gasteiger partial charge in [0.1, 0.15) is 0 Å². The van der Waals surface area contributed by atoms with Gasteiger partial charge in [-0.3, -0.25) is 0 Å². The molecule has 3 heteroatoms. The molecule has 2 fully saturated rings. The predicted octanol–water partition coefficient (Wildman–Crippen LogP) is 5.36. The summed E-state index contributed by atoms with van der Waals surface area (Å²) in [5, 5.41) is 7.61. The fraction of sp³-hybridized carbons (Fsp3) is 0.529. The number of benzene rings is 1. The molecule has 0 bridgehead atoms. The maximum Gasteiger partial charge on any atom is 0.0488 e. The second-order valence-electron chi connectivity index (χ2n) is 6.18. The van der Waals surface area contributed by atoms with E-state index in [1.165, 1.54) is 39.4 Å². The van der Waals surface area contributed by atoms with Crippen molar-refractivity contribution in [3.05, 3.63) is 33.6 Å². The third kappa shape index (κ3) is 1.98. The molecule has 1 aromatic carbocycles. The fourth-order valence-electron chi connectivity index (χ4n) is 4.33. The van der Waals surface area contributed by atoms with E-state index < -0.39 is 0 Å². The second kappa shape index (κ2) is 5.11. The van der Waals surface area contributed by atoms with E-state index in [0.717, 1.165) is 24.3 Å².